The Morgan fingerprint density at radius 2 is 2.83 bits per heavy atom. The van der Waals surface area contributed by atoms with E-state index in [0.29, 0.717) is 0 Å². The van der Waals surface area contributed by atoms with E-state index in [2.05, 4.69) is 0 Å². The Morgan fingerprint density at radius 1 is 2.17 bits per heavy atom. The van der Waals surface area contributed by atoms with Crippen LogP contribution in [0.4, 0.5) is 0 Å². The van der Waals surface area contributed by atoms with Crippen molar-refractivity contribution < 1.29 is 10.3 Å². The predicted octanol–water partition coefficient (Wildman–Crippen LogP) is 1.38. The van der Waals surface area contributed by atoms with Crippen molar-refractivity contribution in [3.05, 3.63) is 0 Å². The van der Waals surface area contributed by atoms with Crippen LogP contribution in [-0.4, -0.2) is 6.26 Å². The van der Waals surface area contributed by atoms with Gasteiger partial charge in [0.2, 0.25) is 0 Å². The molecule has 0 aliphatic heterocycles. The lowest BCUT2D eigenvalue weighted by Gasteiger charge is -1.79. The third kappa shape index (κ3) is 3.67. The maximum atomic E-state index is 10.2. The van der Waals surface area contributed by atoms with Crippen LogP contribution in [0.1, 0.15) is 31.6 Å². The van der Waals surface area contributed by atoms with Crippen LogP contribution in [0.25, 0.3) is 0 Å². The molecule has 1 heteroatoms. The zero-order valence-electron chi connectivity index (χ0n) is 7.64. The van der Waals surface area contributed by atoms with Crippen LogP contribution in [0.5, 0.6) is 0 Å². The molecule has 0 fully saturated rings. The number of hydrogen-bond acceptors (Lipinski definition) is 1. The zero-order valence-corrected chi connectivity index (χ0v) is 3.64. The largest absolute Gasteiger partial charge is 0.303 e. The fraction of sp³-hybridized carbons (Fsp3) is 0.800. The quantitative estimate of drug-likeness (QED) is 0.478. The Hall–Kier alpha value is -0.330. The summed E-state index contributed by atoms with van der Waals surface area (Å²) in [6, 6.07) is 0. The molecular formula is C5H10O. The number of rotatable bonds is 3. The minimum absolute atomic E-state index is 0.781. The van der Waals surface area contributed by atoms with Gasteiger partial charge in [-0.2, -0.15) is 0 Å². The highest BCUT2D eigenvalue weighted by atomic mass is 16.1. The highest BCUT2D eigenvalue weighted by Crippen LogP contribution is 1.87. The highest BCUT2D eigenvalue weighted by molar-refractivity contribution is 5.48. The molecule has 0 unspecified atom stereocenters. The molecule has 0 saturated heterocycles. The molecule has 0 spiro atoms. The average Bonchev–Trinajstić information content (AvgIpc) is 1.84. The maximum Gasteiger partial charge on any atom is 0.119 e. The van der Waals surface area contributed by atoms with E-state index in [1.54, 1.807) is 0 Å². The minimum atomic E-state index is -1.38. The van der Waals surface area contributed by atoms with E-state index < -0.39 is 25.5 Å². The molecule has 0 N–H and O–H groups in total. The van der Waals surface area contributed by atoms with Crippen LogP contribution in [0, 0.1) is 0 Å². The fourth-order valence-corrected chi connectivity index (χ4v) is 0.136. The van der Waals surface area contributed by atoms with Gasteiger partial charge in [-0.1, -0.05) is 13.3 Å². The Kier molecular flexibility index (Phi) is 1.28. The molecule has 6 heavy (non-hydrogen) atoms. The van der Waals surface area contributed by atoms with Crippen molar-refractivity contribution in [3.8, 4) is 0 Å². The smallest absolute Gasteiger partial charge is 0.119 e. The molecule has 0 rings (SSSR count). The lowest BCUT2D eigenvalue weighted by molar-refractivity contribution is -0.107. The molecule has 0 aromatic rings. The van der Waals surface area contributed by atoms with Crippen LogP contribution >= 0.6 is 0 Å². The Balaban J connectivity index is 3.94. The van der Waals surface area contributed by atoms with Crippen molar-refractivity contribution in [1.29, 1.82) is 0 Å². The van der Waals surface area contributed by atoms with E-state index in [9.17, 15) is 4.79 Å². The molecule has 0 aliphatic rings. The third-order valence-corrected chi connectivity index (χ3v) is 0.357. The third-order valence-electron chi connectivity index (χ3n) is 0.357. The van der Waals surface area contributed by atoms with Gasteiger partial charge in [0.1, 0.15) is 7.63 Å². The minimum Gasteiger partial charge on any atom is -0.303 e. The molecule has 0 heterocycles. The standard InChI is InChI=1S/C5H10O/c1-2-3-4-5-6/h5H,2-4H2,1H3/i2D,3D,4D,5D/t2-,3+,4+/m1/s1. The van der Waals surface area contributed by atoms with Crippen LogP contribution in [0.15, 0.2) is 0 Å². The van der Waals surface area contributed by atoms with Crippen molar-refractivity contribution in [2.45, 2.75) is 26.1 Å². The van der Waals surface area contributed by atoms with Crippen molar-refractivity contribution >= 4 is 6.26 Å². The molecular weight excluding hydrogens is 76.1 g/mol. The molecule has 0 aromatic heterocycles. The van der Waals surface area contributed by atoms with Gasteiger partial charge in [-0.25, -0.2) is 0 Å². The van der Waals surface area contributed by atoms with Gasteiger partial charge in [0.15, 0.2) is 0 Å². The summed E-state index contributed by atoms with van der Waals surface area (Å²) in [5.41, 5.74) is 0. The second kappa shape index (κ2) is 4.67. The molecule has 0 amide bonds. The first kappa shape index (κ1) is 1.65. The average molecular weight is 90.2 g/mol. The van der Waals surface area contributed by atoms with Crippen molar-refractivity contribution in [2.75, 3.05) is 0 Å². The maximum absolute atomic E-state index is 10.2. The summed E-state index contributed by atoms with van der Waals surface area (Å²) in [6.07, 6.45) is -4.34. The predicted molar refractivity (Wildman–Crippen MR) is 25.6 cm³/mol. The van der Waals surface area contributed by atoms with Crippen molar-refractivity contribution in [3.63, 3.8) is 0 Å². The first-order valence-electron chi connectivity index (χ1n) is 3.97. The van der Waals surface area contributed by atoms with E-state index in [-0.39, 0.29) is 0 Å². The monoisotopic (exact) mass is 90.1 g/mol. The fourth-order valence-electron chi connectivity index (χ4n) is 0.136. The first-order chi connectivity index (χ1) is 4.46. The molecule has 0 bridgehead atoms. The van der Waals surface area contributed by atoms with E-state index in [1.807, 2.05) is 0 Å². The summed E-state index contributed by atoms with van der Waals surface area (Å²) in [4.78, 5) is 10.2. The summed E-state index contributed by atoms with van der Waals surface area (Å²) in [6.45, 7) is 1.43. The number of carbonyl (C=O) groups is 1. The lowest BCUT2D eigenvalue weighted by atomic mass is 10.3. The summed E-state index contributed by atoms with van der Waals surface area (Å²) >= 11 is 0. The second-order valence-corrected chi connectivity index (χ2v) is 0.810. The van der Waals surface area contributed by atoms with Gasteiger partial charge in [0, 0.05) is 10.5 Å². The van der Waals surface area contributed by atoms with E-state index in [1.165, 1.54) is 6.92 Å². The summed E-state index contributed by atoms with van der Waals surface area (Å²) in [5, 5.41) is 0. The van der Waals surface area contributed by atoms with Gasteiger partial charge < -0.3 is 4.79 Å². The Labute approximate surface area is 44.0 Å². The lowest BCUT2D eigenvalue weighted by Crippen LogP contribution is -1.70. The molecule has 0 aliphatic carbocycles. The highest BCUT2D eigenvalue weighted by Gasteiger charge is 1.74. The Morgan fingerprint density at radius 3 is 3.00 bits per heavy atom. The van der Waals surface area contributed by atoms with Gasteiger partial charge >= 0.3 is 0 Å². The number of aldehydes is 1. The summed E-state index contributed by atoms with van der Waals surface area (Å²) in [5.74, 6) is 0. The SMILES string of the molecule is [2H]C(=O)[C@@H]([2H])[C@@H]([2H])[C@H]([2H])C. The van der Waals surface area contributed by atoms with Crippen LogP contribution in [0.3, 0.4) is 0 Å². The molecule has 3 atom stereocenters. The van der Waals surface area contributed by atoms with Crippen LogP contribution in [0.2, 0.25) is 0 Å². The van der Waals surface area contributed by atoms with Crippen LogP contribution < -0.4 is 0 Å². The topological polar surface area (TPSA) is 17.1 Å². The van der Waals surface area contributed by atoms with Crippen molar-refractivity contribution in [1.82, 2.24) is 0 Å². The second-order valence-electron chi connectivity index (χ2n) is 0.810. The number of carbonyl (C=O) groups excluding carboxylic acids is 1. The summed E-state index contributed by atoms with van der Waals surface area (Å²) < 4.78 is 27.4. The van der Waals surface area contributed by atoms with E-state index in [0.717, 1.165) is 0 Å². The van der Waals surface area contributed by atoms with Gasteiger partial charge in [-0.3, -0.25) is 0 Å². The molecule has 0 aromatic carbocycles. The molecule has 0 radical (unpaired) electrons. The van der Waals surface area contributed by atoms with E-state index in [4.69, 9.17) is 5.48 Å². The normalized spacial score (nSPS) is 33.5. The molecule has 36 valence electrons. The van der Waals surface area contributed by atoms with E-state index >= 15 is 0 Å². The van der Waals surface area contributed by atoms with Gasteiger partial charge in [0.25, 0.3) is 0 Å². The Bertz CT molecular complexity index is 125. The molecule has 1 nitrogen and oxygen atoms in total. The first-order valence-corrected chi connectivity index (χ1v) is 1.74. The molecule has 0 saturated carbocycles. The summed E-state index contributed by atoms with van der Waals surface area (Å²) in [7, 11) is 0. The van der Waals surface area contributed by atoms with Gasteiger partial charge in [-0.05, 0) is 6.40 Å². The number of hydrogen-bond donors (Lipinski definition) is 0. The van der Waals surface area contributed by atoms with Crippen molar-refractivity contribution in [2.24, 2.45) is 0 Å². The van der Waals surface area contributed by atoms with Gasteiger partial charge in [0.05, 0.1) is 0 Å². The van der Waals surface area contributed by atoms with Crippen LogP contribution in [-0.2, 0) is 4.79 Å². The zero-order chi connectivity index (χ0) is 8.31. The van der Waals surface area contributed by atoms with Gasteiger partial charge in [-0.15, -0.1) is 0 Å².